The van der Waals surface area contributed by atoms with Crippen molar-refractivity contribution in [2.45, 2.75) is 91.3 Å². The predicted molar refractivity (Wildman–Crippen MR) is 114 cm³/mol. The molecule has 0 unspecified atom stereocenters. The van der Waals surface area contributed by atoms with E-state index in [-0.39, 0.29) is 0 Å². The van der Waals surface area contributed by atoms with E-state index in [0.29, 0.717) is 0 Å². The van der Waals surface area contributed by atoms with Gasteiger partial charge in [-0.05, 0) is 0 Å². The van der Waals surface area contributed by atoms with Crippen LogP contribution >= 0.6 is 0 Å². The van der Waals surface area contributed by atoms with Gasteiger partial charge in [0.25, 0.3) is 6.02 Å². The Hall–Kier alpha value is -1.29. The van der Waals surface area contributed by atoms with Gasteiger partial charge < -0.3 is 80.1 Å². The van der Waals surface area contributed by atoms with Crippen LogP contribution in [0.3, 0.4) is 0 Å². The molecule has 1 aliphatic carbocycles. The Bertz CT molecular complexity index is 807. The lowest BCUT2D eigenvalue weighted by Crippen LogP contribution is -2.68. The fourth-order valence-corrected chi connectivity index (χ4v) is 5.11. The standard InChI is InChI=1S/C20H34N2O15/c1-33-18-13(31)14(9(27)6(3-24)35-18)36-17-7(10(28)8(26)5(2-23)34-17)21-19-22-15-11(29)12(30)16(32)20(15,4-25)37-19/h5-18,23-32H,2-4H2,1H3,(H,21,22)/t5-,6-,7-,8-,9-,10-,11-,12-,13-,14+,15-,16+,17-,18+,20-/m1/s1. The number of nitrogens with one attached hydrogen (secondary N) is 1. The molecule has 3 aliphatic heterocycles. The first-order chi connectivity index (χ1) is 17.5. The van der Waals surface area contributed by atoms with E-state index >= 15 is 0 Å². The largest absolute Gasteiger partial charge is 0.451 e. The van der Waals surface area contributed by atoms with Crippen molar-refractivity contribution < 1.29 is 74.7 Å². The second kappa shape index (κ2) is 11.1. The SMILES string of the molecule is CO[C@H]1O[C@H](CO)[C@@H](O)[C@H](O[C@H]2O[C@H](CO)[C@@H](O)[C@H](O)[C@H]2NC2=N[C@@H]3[C@H](O)[C@@H](O)[C@H](O)[C@]3(CO)O2)[C@H]1O. The Morgan fingerprint density at radius 1 is 0.811 bits per heavy atom. The number of aliphatic hydroxyl groups is 10. The normalized spacial score (nSPS) is 51.9. The van der Waals surface area contributed by atoms with Gasteiger partial charge in [0.05, 0.1) is 19.8 Å². The van der Waals surface area contributed by atoms with Crippen LogP contribution < -0.4 is 5.32 Å². The number of nitrogens with zero attached hydrogens (tertiary/aromatic N) is 1. The number of aliphatic hydroxyl groups excluding tert-OH is 10. The molecule has 17 nitrogen and oxygen atoms in total. The van der Waals surface area contributed by atoms with Gasteiger partial charge in [0.1, 0.15) is 73.1 Å². The van der Waals surface area contributed by atoms with Gasteiger partial charge in [-0.15, -0.1) is 0 Å². The van der Waals surface area contributed by atoms with Crippen molar-refractivity contribution >= 4 is 6.02 Å². The van der Waals surface area contributed by atoms with Crippen LogP contribution in [-0.4, -0.2) is 175 Å². The topological polar surface area (TPSA) is 273 Å². The minimum Gasteiger partial charge on any atom is -0.451 e. The minimum atomic E-state index is -1.91. The Morgan fingerprint density at radius 2 is 1.43 bits per heavy atom. The first-order valence-corrected chi connectivity index (χ1v) is 11.7. The maximum atomic E-state index is 10.8. The van der Waals surface area contributed by atoms with Crippen molar-refractivity contribution in [3.63, 3.8) is 0 Å². The average Bonchev–Trinajstić information content (AvgIpc) is 3.35. The minimum absolute atomic E-state index is 0.420. The van der Waals surface area contributed by atoms with Gasteiger partial charge in [0, 0.05) is 7.11 Å². The molecule has 0 radical (unpaired) electrons. The molecule has 4 aliphatic rings. The molecule has 17 heteroatoms. The van der Waals surface area contributed by atoms with Gasteiger partial charge in [0.2, 0.25) is 0 Å². The number of amidine groups is 1. The second-order valence-corrected chi connectivity index (χ2v) is 9.44. The predicted octanol–water partition coefficient (Wildman–Crippen LogP) is -7.56. The first kappa shape index (κ1) is 28.7. The molecule has 3 heterocycles. The molecule has 4 rings (SSSR count). The van der Waals surface area contributed by atoms with Crippen molar-refractivity contribution in [3.8, 4) is 0 Å². The third-order valence-corrected chi connectivity index (χ3v) is 7.30. The van der Waals surface area contributed by atoms with Crippen LogP contribution in [0.15, 0.2) is 4.99 Å². The number of ether oxygens (including phenoxy) is 5. The molecular weight excluding hydrogens is 508 g/mol. The highest BCUT2D eigenvalue weighted by atomic mass is 16.7. The van der Waals surface area contributed by atoms with Crippen LogP contribution in [0.25, 0.3) is 0 Å². The first-order valence-electron chi connectivity index (χ1n) is 11.7. The third-order valence-electron chi connectivity index (χ3n) is 7.30. The van der Waals surface area contributed by atoms with E-state index < -0.39 is 117 Å². The van der Waals surface area contributed by atoms with Crippen LogP contribution in [0.1, 0.15) is 0 Å². The summed E-state index contributed by atoms with van der Waals surface area (Å²) in [7, 11) is 1.21. The fourth-order valence-electron chi connectivity index (χ4n) is 5.11. The van der Waals surface area contributed by atoms with Crippen LogP contribution in [0, 0.1) is 0 Å². The van der Waals surface area contributed by atoms with Crippen molar-refractivity contribution in [3.05, 3.63) is 0 Å². The zero-order valence-electron chi connectivity index (χ0n) is 19.7. The van der Waals surface area contributed by atoms with E-state index in [0.717, 1.165) is 0 Å². The highest BCUT2D eigenvalue weighted by Gasteiger charge is 2.65. The van der Waals surface area contributed by atoms with Crippen LogP contribution in [0.5, 0.6) is 0 Å². The lowest BCUT2D eigenvalue weighted by Gasteiger charge is -2.47. The zero-order chi connectivity index (χ0) is 27.2. The van der Waals surface area contributed by atoms with Crippen LogP contribution in [0.4, 0.5) is 0 Å². The summed E-state index contributed by atoms with van der Waals surface area (Å²) in [6.07, 6.45) is -18.6. The molecule has 0 bridgehead atoms. The maximum absolute atomic E-state index is 10.8. The molecule has 0 aromatic heterocycles. The van der Waals surface area contributed by atoms with Gasteiger partial charge >= 0.3 is 0 Å². The molecule has 0 amide bonds. The molecular formula is C20H34N2O15. The molecule has 0 aromatic carbocycles. The van der Waals surface area contributed by atoms with E-state index in [1.165, 1.54) is 7.11 Å². The van der Waals surface area contributed by atoms with Gasteiger partial charge in [-0.25, -0.2) is 4.99 Å². The number of methoxy groups -OCH3 is 1. The summed E-state index contributed by atoms with van der Waals surface area (Å²) in [5.41, 5.74) is -1.91. The Balaban J connectivity index is 1.59. The molecule has 3 fully saturated rings. The van der Waals surface area contributed by atoms with Gasteiger partial charge in [0.15, 0.2) is 18.2 Å². The molecule has 0 aromatic rings. The van der Waals surface area contributed by atoms with E-state index in [4.69, 9.17) is 23.7 Å². The lowest BCUT2D eigenvalue weighted by molar-refractivity contribution is -0.344. The van der Waals surface area contributed by atoms with Crippen molar-refractivity contribution in [2.24, 2.45) is 4.99 Å². The molecule has 37 heavy (non-hydrogen) atoms. The smallest absolute Gasteiger partial charge is 0.286 e. The average molecular weight is 542 g/mol. The molecule has 214 valence electrons. The number of fused-ring (bicyclic) bond motifs is 1. The monoisotopic (exact) mass is 542 g/mol. The highest BCUT2D eigenvalue weighted by Crippen LogP contribution is 2.40. The van der Waals surface area contributed by atoms with Gasteiger partial charge in [-0.3, -0.25) is 0 Å². The van der Waals surface area contributed by atoms with Crippen LogP contribution in [0.2, 0.25) is 0 Å². The molecule has 1 saturated carbocycles. The van der Waals surface area contributed by atoms with E-state index in [2.05, 4.69) is 10.3 Å². The summed E-state index contributed by atoms with van der Waals surface area (Å²) in [6.45, 7) is -2.25. The summed E-state index contributed by atoms with van der Waals surface area (Å²) in [4.78, 5) is 4.06. The number of hydrogen-bond acceptors (Lipinski definition) is 17. The van der Waals surface area contributed by atoms with Crippen molar-refractivity contribution in [1.82, 2.24) is 5.32 Å². The Kier molecular flexibility index (Phi) is 8.58. The Labute approximate surface area is 210 Å². The molecule has 11 N–H and O–H groups in total. The molecule has 2 saturated heterocycles. The lowest BCUT2D eigenvalue weighted by atomic mass is 9.95. The molecule has 0 spiro atoms. The van der Waals surface area contributed by atoms with E-state index in [1.54, 1.807) is 0 Å². The van der Waals surface area contributed by atoms with Gasteiger partial charge in [-0.1, -0.05) is 0 Å². The van der Waals surface area contributed by atoms with Crippen LogP contribution in [-0.2, 0) is 23.7 Å². The maximum Gasteiger partial charge on any atom is 0.286 e. The third kappa shape index (κ3) is 4.72. The number of aliphatic imine (C=N–C) groups is 1. The number of rotatable bonds is 7. The Morgan fingerprint density at radius 3 is 2.00 bits per heavy atom. The zero-order valence-corrected chi connectivity index (χ0v) is 19.7. The van der Waals surface area contributed by atoms with E-state index in [1.807, 2.05) is 0 Å². The summed E-state index contributed by atoms with van der Waals surface area (Å²) in [5, 5.41) is 105. The summed E-state index contributed by atoms with van der Waals surface area (Å²) >= 11 is 0. The quantitative estimate of drug-likeness (QED) is 0.142. The van der Waals surface area contributed by atoms with Gasteiger partial charge in [-0.2, -0.15) is 0 Å². The fraction of sp³-hybridized carbons (Fsp3) is 0.950. The number of hydrogen-bond donors (Lipinski definition) is 11. The summed E-state index contributed by atoms with van der Waals surface area (Å²) < 4.78 is 27.2. The van der Waals surface area contributed by atoms with Crippen molar-refractivity contribution in [1.29, 1.82) is 0 Å². The van der Waals surface area contributed by atoms with Crippen molar-refractivity contribution in [2.75, 3.05) is 26.9 Å². The summed E-state index contributed by atoms with van der Waals surface area (Å²) in [6, 6.07) is -3.18. The van der Waals surface area contributed by atoms with E-state index in [9.17, 15) is 51.1 Å². The molecule has 15 atom stereocenters. The second-order valence-electron chi connectivity index (χ2n) is 9.44. The summed E-state index contributed by atoms with van der Waals surface area (Å²) in [5.74, 6) is 0. The highest BCUT2D eigenvalue weighted by molar-refractivity contribution is 5.77.